The maximum absolute atomic E-state index is 13.0. The van der Waals surface area contributed by atoms with E-state index in [4.69, 9.17) is 0 Å². The Kier molecular flexibility index (Phi) is 6.07. The average Bonchev–Trinajstić information content (AvgIpc) is 3.27. The number of nitrogens with one attached hydrogen (secondary N) is 1. The molecule has 5 rings (SSSR count). The van der Waals surface area contributed by atoms with E-state index in [1.165, 1.54) is 5.56 Å². The molecule has 0 unspecified atom stereocenters. The molecule has 0 spiro atoms. The van der Waals surface area contributed by atoms with Crippen molar-refractivity contribution in [1.82, 2.24) is 25.0 Å². The van der Waals surface area contributed by atoms with Gasteiger partial charge in [-0.1, -0.05) is 30.3 Å². The van der Waals surface area contributed by atoms with E-state index in [0.29, 0.717) is 13.1 Å². The van der Waals surface area contributed by atoms with Crippen LogP contribution in [0.15, 0.2) is 59.9 Å². The number of carbonyl (C=O) groups is 1. The van der Waals surface area contributed by atoms with Crippen LogP contribution in [-0.2, 0) is 19.4 Å². The minimum Gasteiger partial charge on any atom is -0.318 e. The normalized spacial score (nSPS) is 18.0. The van der Waals surface area contributed by atoms with Crippen LogP contribution in [0.3, 0.4) is 0 Å². The lowest BCUT2D eigenvalue weighted by atomic mass is 10.0. The fraction of sp³-hybridized carbons (Fsp3) is 0.360. The van der Waals surface area contributed by atoms with Crippen molar-refractivity contribution in [3.63, 3.8) is 0 Å². The van der Waals surface area contributed by atoms with Crippen molar-refractivity contribution < 1.29 is 4.79 Å². The van der Waals surface area contributed by atoms with Crippen LogP contribution in [0.5, 0.6) is 0 Å². The highest BCUT2D eigenvalue weighted by Crippen LogP contribution is 2.28. The maximum atomic E-state index is 13.0. The van der Waals surface area contributed by atoms with Crippen molar-refractivity contribution in [2.45, 2.75) is 32.2 Å². The van der Waals surface area contributed by atoms with Crippen LogP contribution < -0.4 is 0 Å². The predicted molar refractivity (Wildman–Crippen MR) is 125 cm³/mol. The second-order valence-electron chi connectivity index (χ2n) is 8.51. The van der Waals surface area contributed by atoms with E-state index in [9.17, 15) is 4.79 Å². The zero-order chi connectivity index (χ0) is 21.8. The Hall–Kier alpha value is -3.32. The number of H-pyrrole nitrogens is 1. The molecule has 0 atom stereocenters. The first-order valence-electron chi connectivity index (χ1n) is 11.3. The van der Waals surface area contributed by atoms with E-state index >= 15 is 0 Å². The minimum atomic E-state index is -0.127. The maximum Gasteiger partial charge on any atom is 0.343 e. The lowest BCUT2D eigenvalue weighted by Crippen LogP contribution is -2.39. The van der Waals surface area contributed by atoms with Gasteiger partial charge < -0.3 is 4.90 Å². The van der Waals surface area contributed by atoms with Crippen LogP contribution in [0.25, 0.3) is 11.3 Å². The number of hydrogen-bond acceptors (Lipinski definition) is 4. The Balaban J connectivity index is 1.23. The minimum absolute atomic E-state index is 0.127. The van der Waals surface area contributed by atoms with Crippen LogP contribution in [0.1, 0.15) is 29.7 Å². The van der Waals surface area contributed by atoms with Gasteiger partial charge in [0.25, 0.3) is 0 Å². The number of fused-ring (bicyclic) bond motifs is 1. The highest BCUT2D eigenvalue weighted by atomic mass is 16.2. The molecular formula is C25H28N6O. The molecule has 2 aliphatic rings. The molecule has 7 heteroatoms. The molecular weight excluding hydrogens is 400 g/mol. The first kappa shape index (κ1) is 20.6. The van der Waals surface area contributed by atoms with E-state index in [1.54, 1.807) is 12.4 Å². The number of aliphatic imine (C=N–C) groups is 1. The van der Waals surface area contributed by atoms with Gasteiger partial charge >= 0.3 is 6.03 Å². The smallest absolute Gasteiger partial charge is 0.318 e. The summed E-state index contributed by atoms with van der Waals surface area (Å²) >= 11 is 0. The molecule has 2 aromatic heterocycles. The summed E-state index contributed by atoms with van der Waals surface area (Å²) in [6.07, 6.45) is 7.28. The van der Waals surface area contributed by atoms with E-state index < -0.39 is 0 Å². The van der Waals surface area contributed by atoms with Crippen LogP contribution >= 0.6 is 0 Å². The number of carbonyl (C=O) groups excluding carboxylic acids is 1. The van der Waals surface area contributed by atoms with E-state index in [0.717, 1.165) is 73.5 Å². The largest absolute Gasteiger partial charge is 0.343 e. The second-order valence-corrected chi connectivity index (χ2v) is 8.51. The van der Waals surface area contributed by atoms with Crippen LogP contribution in [0, 0.1) is 0 Å². The molecule has 3 aromatic rings. The lowest BCUT2D eigenvalue weighted by Gasteiger charge is -2.29. The lowest BCUT2D eigenvalue weighted by molar-refractivity contribution is 0.202. The SMILES string of the molecule is O=C(/N=C1/CCCN(CCc2ccccc2)C1)N1CCc2[nH]nc(-c3ccncc3)c2C1. The summed E-state index contributed by atoms with van der Waals surface area (Å²) in [4.78, 5) is 25.9. The number of rotatable bonds is 4. The number of amides is 2. The van der Waals surface area contributed by atoms with Crippen molar-refractivity contribution in [1.29, 1.82) is 0 Å². The van der Waals surface area contributed by atoms with Gasteiger partial charge in [0, 0.05) is 61.0 Å². The number of likely N-dealkylation sites (tertiary alicyclic amines) is 1. The summed E-state index contributed by atoms with van der Waals surface area (Å²) in [7, 11) is 0. The van der Waals surface area contributed by atoms with Gasteiger partial charge in [0.15, 0.2) is 0 Å². The molecule has 2 amide bonds. The Morgan fingerprint density at radius 1 is 1.03 bits per heavy atom. The number of aromatic nitrogens is 3. The number of aromatic amines is 1. The Labute approximate surface area is 188 Å². The Bertz CT molecular complexity index is 1090. The number of hydrogen-bond donors (Lipinski definition) is 1. The monoisotopic (exact) mass is 428 g/mol. The average molecular weight is 429 g/mol. The zero-order valence-corrected chi connectivity index (χ0v) is 18.2. The quantitative estimate of drug-likeness (QED) is 0.687. The third-order valence-corrected chi connectivity index (χ3v) is 6.32. The molecule has 4 heterocycles. The topological polar surface area (TPSA) is 77.5 Å². The standard InChI is InChI=1S/C25H28N6O/c32-25(27-21-7-4-14-30(17-21)15-10-19-5-2-1-3-6-19)31-16-11-23-22(18-31)24(29-28-23)20-8-12-26-13-9-20/h1-3,5-6,8-9,12-13H,4,7,10-11,14-18H2,(H,28,29)/b27-21-. The highest BCUT2D eigenvalue weighted by Gasteiger charge is 2.26. The van der Waals surface area contributed by atoms with Gasteiger partial charge in [-0.25, -0.2) is 9.79 Å². The number of benzene rings is 1. The van der Waals surface area contributed by atoms with Gasteiger partial charge in [-0.05, 0) is 43.5 Å². The fourth-order valence-electron chi connectivity index (χ4n) is 4.55. The van der Waals surface area contributed by atoms with Crippen molar-refractivity contribution in [3.05, 3.63) is 71.7 Å². The molecule has 32 heavy (non-hydrogen) atoms. The summed E-state index contributed by atoms with van der Waals surface area (Å²) in [5, 5.41) is 7.65. The molecule has 2 aliphatic heterocycles. The molecule has 1 fully saturated rings. The number of urea groups is 1. The van der Waals surface area contributed by atoms with Crippen molar-refractivity contribution in [2.75, 3.05) is 26.2 Å². The highest BCUT2D eigenvalue weighted by molar-refractivity contribution is 5.96. The molecule has 0 bridgehead atoms. The van der Waals surface area contributed by atoms with Crippen molar-refractivity contribution in [3.8, 4) is 11.3 Å². The van der Waals surface area contributed by atoms with E-state index in [2.05, 4.69) is 49.3 Å². The molecule has 7 nitrogen and oxygen atoms in total. The van der Waals surface area contributed by atoms with Crippen molar-refractivity contribution in [2.24, 2.45) is 4.99 Å². The fourth-order valence-corrected chi connectivity index (χ4v) is 4.55. The predicted octanol–water partition coefficient (Wildman–Crippen LogP) is 3.73. The summed E-state index contributed by atoms with van der Waals surface area (Å²) in [5.41, 5.74) is 6.46. The van der Waals surface area contributed by atoms with Crippen LogP contribution in [0.2, 0.25) is 0 Å². The summed E-state index contributed by atoms with van der Waals surface area (Å²) in [5.74, 6) is 0. The van der Waals surface area contributed by atoms with Gasteiger partial charge in [-0.3, -0.25) is 15.0 Å². The van der Waals surface area contributed by atoms with Crippen molar-refractivity contribution >= 4 is 11.7 Å². The summed E-state index contributed by atoms with van der Waals surface area (Å²) < 4.78 is 0. The first-order chi connectivity index (χ1) is 15.8. The van der Waals surface area contributed by atoms with Gasteiger partial charge in [0.2, 0.25) is 0 Å². The molecule has 0 aliphatic carbocycles. The molecule has 1 aromatic carbocycles. The molecule has 1 saturated heterocycles. The molecule has 1 N–H and O–H groups in total. The first-order valence-corrected chi connectivity index (χ1v) is 11.3. The molecule has 0 radical (unpaired) electrons. The van der Waals surface area contributed by atoms with E-state index in [1.807, 2.05) is 23.1 Å². The molecule has 164 valence electrons. The van der Waals surface area contributed by atoms with Gasteiger partial charge in [0.1, 0.15) is 0 Å². The summed E-state index contributed by atoms with van der Waals surface area (Å²) in [6, 6.07) is 14.3. The third-order valence-electron chi connectivity index (χ3n) is 6.32. The number of piperidine rings is 1. The number of pyridine rings is 1. The van der Waals surface area contributed by atoms with Gasteiger partial charge in [-0.2, -0.15) is 5.10 Å². The third kappa shape index (κ3) is 4.62. The Morgan fingerprint density at radius 2 is 1.88 bits per heavy atom. The van der Waals surface area contributed by atoms with Crippen LogP contribution in [-0.4, -0.2) is 62.9 Å². The summed E-state index contributed by atoms with van der Waals surface area (Å²) in [6.45, 7) is 4.05. The number of nitrogens with zero attached hydrogens (tertiary/aromatic N) is 5. The zero-order valence-electron chi connectivity index (χ0n) is 18.2. The van der Waals surface area contributed by atoms with Gasteiger partial charge in [-0.15, -0.1) is 0 Å². The van der Waals surface area contributed by atoms with E-state index in [-0.39, 0.29) is 6.03 Å². The Morgan fingerprint density at radius 3 is 2.72 bits per heavy atom. The molecule has 0 saturated carbocycles. The van der Waals surface area contributed by atoms with Crippen LogP contribution in [0.4, 0.5) is 4.79 Å². The van der Waals surface area contributed by atoms with Gasteiger partial charge in [0.05, 0.1) is 12.2 Å². The second kappa shape index (κ2) is 9.44.